The number of halogens is 6. The fourth-order valence-electron chi connectivity index (χ4n) is 2.45. The van der Waals surface area contributed by atoms with Gasteiger partial charge in [-0.1, -0.05) is 95.6 Å². The largest absolute Gasteiger partial charge is 0.310 e. The summed E-state index contributed by atoms with van der Waals surface area (Å²) in [6, 6.07) is 18.6. The molecule has 0 saturated carbocycles. The maximum absolute atomic E-state index is 3.59. The number of hydrogen-bond donors (Lipinski definition) is 0. The van der Waals surface area contributed by atoms with E-state index in [1.165, 1.54) is 0 Å². The average Bonchev–Trinajstić information content (AvgIpc) is 2.44. The second kappa shape index (κ2) is 8.57. The molecule has 0 unspecified atom stereocenters. The van der Waals surface area contributed by atoms with E-state index in [0.29, 0.717) is 0 Å². The van der Waals surface area contributed by atoms with Crippen molar-refractivity contribution in [1.82, 2.24) is 0 Å². The highest BCUT2D eigenvalue weighted by Gasteiger charge is 2.16. The van der Waals surface area contributed by atoms with E-state index in [0.717, 1.165) is 43.9 Å². The summed E-state index contributed by atoms with van der Waals surface area (Å²) in [5.74, 6) is 0. The molecule has 25 heavy (non-hydrogen) atoms. The second-order valence-corrected chi connectivity index (χ2v) is 10.7. The highest BCUT2D eigenvalue weighted by atomic mass is 79.9. The van der Waals surface area contributed by atoms with Crippen molar-refractivity contribution in [2.45, 2.75) is 0 Å². The molecular formula is C18H9Br6N. The van der Waals surface area contributed by atoms with Crippen LogP contribution in [0.25, 0.3) is 0 Å². The predicted molar refractivity (Wildman–Crippen MR) is 127 cm³/mol. The quantitative estimate of drug-likeness (QED) is 0.261. The topological polar surface area (TPSA) is 3.24 Å². The number of anilines is 3. The molecule has 0 radical (unpaired) electrons. The zero-order chi connectivity index (χ0) is 18.1. The average molecular weight is 719 g/mol. The summed E-state index contributed by atoms with van der Waals surface area (Å²) in [5.41, 5.74) is 3.11. The van der Waals surface area contributed by atoms with Crippen molar-refractivity contribution in [2.24, 2.45) is 0 Å². The van der Waals surface area contributed by atoms with Crippen LogP contribution in [0.3, 0.4) is 0 Å². The van der Waals surface area contributed by atoms with Gasteiger partial charge < -0.3 is 4.90 Å². The SMILES string of the molecule is Brc1cc(Br)cc(N(c2cc(Br)cc(Br)c2)c2cc(Br)cc(Br)c2)c1. The Morgan fingerprint density at radius 1 is 0.360 bits per heavy atom. The Hall–Kier alpha value is 0.340. The molecule has 0 aromatic heterocycles. The lowest BCUT2D eigenvalue weighted by atomic mass is 10.2. The van der Waals surface area contributed by atoms with Gasteiger partial charge in [-0.15, -0.1) is 0 Å². The number of rotatable bonds is 3. The van der Waals surface area contributed by atoms with Gasteiger partial charge in [0.25, 0.3) is 0 Å². The van der Waals surface area contributed by atoms with Crippen LogP contribution in [-0.2, 0) is 0 Å². The monoisotopic (exact) mass is 713 g/mol. The molecule has 3 aromatic carbocycles. The van der Waals surface area contributed by atoms with Crippen LogP contribution in [0.5, 0.6) is 0 Å². The van der Waals surface area contributed by atoms with Gasteiger partial charge in [0.1, 0.15) is 0 Å². The summed E-state index contributed by atoms with van der Waals surface area (Å²) in [6.07, 6.45) is 0. The first-order chi connectivity index (χ1) is 11.8. The highest BCUT2D eigenvalue weighted by Crippen LogP contribution is 2.41. The van der Waals surface area contributed by atoms with Crippen molar-refractivity contribution in [3.8, 4) is 0 Å². The van der Waals surface area contributed by atoms with Gasteiger partial charge in [-0.25, -0.2) is 0 Å². The van der Waals surface area contributed by atoms with Crippen molar-refractivity contribution < 1.29 is 0 Å². The number of hydrogen-bond acceptors (Lipinski definition) is 1. The van der Waals surface area contributed by atoms with Gasteiger partial charge in [-0.05, 0) is 54.6 Å². The maximum Gasteiger partial charge on any atom is 0.0484 e. The molecule has 0 aliphatic heterocycles. The Kier molecular flexibility index (Phi) is 6.88. The van der Waals surface area contributed by atoms with Crippen LogP contribution >= 0.6 is 95.6 Å². The Morgan fingerprint density at radius 2 is 0.560 bits per heavy atom. The number of benzene rings is 3. The summed E-state index contributed by atoms with van der Waals surface area (Å²) < 4.78 is 6.03. The van der Waals surface area contributed by atoms with Crippen molar-refractivity contribution in [2.75, 3.05) is 4.90 Å². The van der Waals surface area contributed by atoms with Crippen molar-refractivity contribution >= 4 is 113 Å². The summed E-state index contributed by atoms with van der Waals surface area (Å²) in [5, 5.41) is 0. The van der Waals surface area contributed by atoms with Gasteiger partial charge in [0.15, 0.2) is 0 Å². The van der Waals surface area contributed by atoms with Crippen LogP contribution in [0.4, 0.5) is 17.1 Å². The fourth-order valence-corrected chi connectivity index (χ4v) is 6.26. The van der Waals surface area contributed by atoms with Gasteiger partial charge >= 0.3 is 0 Å². The molecule has 0 heterocycles. The normalized spacial score (nSPS) is 10.8. The molecule has 0 atom stereocenters. The van der Waals surface area contributed by atoms with Crippen molar-refractivity contribution in [1.29, 1.82) is 0 Å². The standard InChI is InChI=1S/C18H9Br6N/c19-10-1-11(20)5-16(4-10)25(17-6-12(21)2-13(22)7-17)18-8-14(23)3-15(24)9-18/h1-9H. The molecule has 3 aromatic rings. The van der Waals surface area contributed by atoms with Crippen LogP contribution in [-0.4, -0.2) is 0 Å². The molecule has 0 N–H and O–H groups in total. The molecule has 0 aliphatic carbocycles. The zero-order valence-corrected chi connectivity index (χ0v) is 21.9. The lowest BCUT2D eigenvalue weighted by Crippen LogP contribution is -2.10. The Labute approximate surface area is 197 Å². The van der Waals surface area contributed by atoms with Gasteiger partial charge in [0.2, 0.25) is 0 Å². The number of nitrogens with zero attached hydrogens (tertiary/aromatic N) is 1. The Balaban J connectivity index is 2.27. The summed E-state index contributed by atoms with van der Waals surface area (Å²) in [6.45, 7) is 0. The lowest BCUT2D eigenvalue weighted by molar-refractivity contribution is 1.26. The molecule has 0 aliphatic rings. The predicted octanol–water partition coefficient (Wildman–Crippen LogP) is 9.73. The van der Waals surface area contributed by atoms with Crippen molar-refractivity contribution in [3.05, 3.63) is 81.4 Å². The Bertz CT molecular complexity index is 758. The molecule has 0 amide bonds. The van der Waals surface area contributed by atoms with Crippen LogP contribution in [0.15, 0.2) is 81.4 Å². The fraction of sp³-hybridized carbons (Fsp3) is 0. The molecule has 1 nitrogen and oxygen atoms in total. The van der Waals surface area contributed by atoms with Crippen LogP contribution in [0, 0.1) is 0 Å². The van der Waals surface area contributed by atoms with Crippen molar-refractivity contribution in [3.63, 3.8) is 0 Å². The van der Waals surface area contributed by atoms with E-state index in [-0.39, 0.29) is 0 Å². The van der Waals surface area contributed by atoms with E-state index >= 15 is 0 Å². The maximum atomic E-state index is 3.59. The molecule has 0 fully saturated rings. The van der Waals surface area contributed by atoms with Gasteiger partial charge in [0, 0.05) is 43.9 Å². The highest BCUT2D eigenvalue weighted by molar-refractivity contribution is 9.11. The van der Waals surface area contributed by atoms with E-state index in [9.17, 15) is 0 Å². The third-order valence-electron chi connectivity index (χ3n) is 3.32. The lowest BCUT2D eigenvalue weighted by Gasteiger charge is -2.27. The molecule has 0 bridgehead atoms. The summed E-state index contributed by atoms with van der Waals surface area (Å²) >= 11 is 21.5. The minimum Gasteiger partial charge on any atom is -0.310 e. The minimum absolute atomic E-state index is 1.00. The second-order valence-electron chi connectivity index (χ2n) is 5.22. The van der Waals surface area contributed by atoms with E-state index in [2.05, 4.69) is 137 Å². The third-order valence-corrected chi connectivity index (χ3v) is 6.06. The Morgan fingerprint density at radius 3 is 0.760 bits per heavy atom. The molecule has 0 saturated heterocycles. The van der Waals surface area contributed by atoms with Crippen LogP contribution < -0.4 is 4.90 Å². The third kappa shape index (κ3) is 5.20. The minimum atomic E-state index is 1.00. The first-order valence-electron chi connectivity index (χ1n) is 7.00. The summed E-state index contributed by atoms with van der Waals surface area (Å²) in [4.78, 5) is 2.19. The van der Waals surface area contributed by atoms with Gasteiger partial charge in [0.05, 0.1) is 0 Å². The first kappa shape index (κ1) is 20.1. The molecule has 128 valence electrons. The molecular weight excluding hydrogens is 710 g/mol. The summed E-state index contributed by atoms with van der Waals surface area (Å²) in [7, 11) is 0. The van der Waals surface area contributed by atoms with E-state index in [1.807, 2.05) is 18.2 Å². The molecule has 3 rings (SSSR count). The van der Waals surface area contributed by atoms with Crippen LogP contribution in [0.2, 0.25) is 0 Å². The van der Waals surface area contributed by atoms with E-state index < -0.39 is 0 Å². The van der Waals surface area contributed by atoms with Gasteiger partial charge in [-0.3, -0.25) is 0 Å². The van der Waals surface area contributed by atoms with Crippen LogP contribution in [0.1, 0.15) is 0 Å². The van der Waals surface area contributed by atoms with E-state index in [1.54, 1.807) is 0 Å². The molecule has 0 spiro atoms. The van der Waals surface area contributed by atoms with Gasteiger partial charge in [-0.2, -0.15) is 0 Å². The smallest absolute Gasteiger partial charge is 0.0484 e. The zero-order valence-electron chi connectivity index (χ0n) is 12.4. The molecule has 7 heteroatoms. The van der Waals surface area contributed by atoms with E-state index in [4.69, 9.17) is 0 Å². The first-order valence-corrected chi connectivity index (χ1v) is 11.8.